The molecule has 0 fully saturated rings. The molecular weight excluding hydrogens is 269 g/mol. The SMILES string of the molecule is CNC(Cc1cc(Cl)ccc1Cl)C(OC)C(C)C. The second kappa shape index (κ2) is 7.34. The Morgan fingerprint density at radius 1 is 1.28 bits per heavy atom. The fraction of sp³-hybridized carbons (Fsp3) is 0.571. The highest BCUT2D eigenvalue weighted by atomic mass is 35.5. The van der Waals surface area contributed by atoms with Gasteiger partial charge in [0, 0.05) is 23.2 Å². The Kier molecular flexibility index (Phi) is 6.44. The molecule has 0 aliphatic heterocycles. The summed E-state index contributed by atoms with van der Waals surface area (Å²) in [5.74, 6) is 0.436. The predicted molar refractivity (Wildman–Crippen MR) is 78.6 cm³/mol. The summed E-state index contributed by atoms with van der Waals surface area (Å²) in [5.41, 5.74) is 1.05. The van der Waals surface area contributed by atoms with Crippen LogP contribution < -0.4 is 5.32 Å². The fourth-order valence-electron chi connectivity index (χ4n) is 2.22. The first-order chi connectivity index (χ1) is 8.49. The molecule has 0 bridgehead atoms. The number of likely N-dealkylation sites (N-methyl/N-ethyl adjacent to an activating group) is 1. The number of hydrogen-bond donors (Lipinski definition) is 1. The average Bonchev–Trinajstić information content (AvgIpc) is 2.32. The van der Waals surface area contributed by atoms with E-state index < -0.39 is 0 Å². The Labute approximate surface area is 120 Å². The lowest BCUT2D eigenvalue weighted by molar-refractivity contribution is 0.0354. The lowest BCUT2D eigenvalue weighted by Gasteiger charge is -2.29. The highest BCUT2D eigenvalue weighted by molar-refractivity contribution is 6.33. The number of ether oxygens (including phenoxy) is 1. The van der Waals surface area contributed by atoms with Crippen molar-refractivity contribution in [2.24, 2.45) is 5.92 Å². The molecule has 2 nitrogen and oxygen atoms in total. The zero-order chi connectivity index (χ0) is 13.7. The zero-order valence-electron chi connectivity index (χ0n) is 11.3. The molecule has 0 aromatic heterocycles. The van der Waals surface area contributed by atoms with Crippen molar-refractivity contribution in [1.29, 1.82) is 0 Å². The monoisotopic (exact) mass is 289 g/mol. The summed E-state index contributed by atoms with van der Waals surface area (Å²) in [4.78, 5) is 0. The quantitative estimate of drug-likeness (QED) is 0.860. The summed E-state index contributed by atoms with van der Waals surface area (Å²) in [6.07, 6.45) is 0.942. The van der Waals surface area contributed by atoms with Crippen LogP contribution in [-0.4, -0.2) is 26.3 Å². The van der Waals surface area contributed by atoms with Crippen molar-refractivity contribution < 1.29 is 4.74 Å². The van der Waals surface area contributed by atoms with E-state index in [0.717, 1.165) is 17.0 Å². The van der Waals surface area contributed by atoms with Crippen LogP contribution in [0.25, 0.3) is 0 Å². The van der Waals surface area contributed by atoms with Gasteiger partial charge in [-0.3, -0.25) is 0 Å². The third-order valence-corrected chi connectivity index (χ3v) is 3.75. The van der Waals surface area contributed by atoms with Crippen molar-refractivity contribution in [3.8, 4) is 0 Å². The first kappa shape index (κ1) is 15.8. The third-order valence-electron chi connectivity index (χ3n) is 3.14. The smallest absolute Gasteiger partial charge is 0.0750 e. The van der Waals surface area contributed by atoms with Gasteiger partial charge in [-0.1, -0.05) is 37.0 Å². The molecule has 1 rings (SSSR count). The standard InChI is InChI=1S/C14H21Cl2NO/c1-9(2)14(18-4)13(17-3)8-10-7-11(15)5-6-12(10)16/h5-7,9,13-14,17H,8H2,1-4H3. The molecule has 0 saturated carbocycles. The van der Waals surface area contributed by atoms with Crippen LogP contribution in [0.5, 0.6) is 0 Å². The third kappa shape index (κ3) is 4.13. The van der Waals surface area contributed by atoms with Crippen LogP contribution in [0.2, 0.25) is 10.0 Å². The summed E-state index contributed by atoms with van der Waals surface area (Å²) in [5, 5.41) is 4.76. The lowest BCUT2D eigenvalue weighted by Crippen LogP contribution is -2.43. The summed E-state index contributed by atoms with van der Waals surface area (Å²) >= 11 is 12.2. The maximum Gasteiger partial charge on any atom is 0.0750 e. The van der Waals surface area contributed by atoms with Gasteiger partial charge in [-0.25, -0.2) is 0 Å². The number of rotatable bonds is 6. The molecule has 0 aliphatic rings. The summed E-state index contributed by atoms with van der Waals surface area (Å²) < 4.78 is 5.57. The van der Waals surface area contributed by atoms with Gasteiger partial charge < -0.3 is 10.1 Å². The number of nitrogens with one attached hydrogen (secondary N) is 1. The zero-order valence-corrected chi connectivity index (χ0v) is 12.8. The number of hydrogen-bond acceptors (Lipinski definition) is 2. The molecule has 1 aromatic carbocycles. The Morgan fingerprint density at radius 3 is 2.44 bits per heavy atom. The second-order valence-corrected chi connectivity index (χ2v) is 5.62. The molecule has 0 aliphatic carbocycles. The molecule has 0 saturated heterocycles. The van der Waals surface area contributed by atoms with Crippen molar-refractivity contribution in [2.45, 2.75) is 32.4 Å². The second-order valence-electron chi connectivity index (χ2n) is 4.78. The van der Waals surface area contributed by atoms with E-state index in [2.05, 4.69) is 19.2 Å². The van der Waals surface area contributed by atoms with Crippen molar-refractivity contribution in [3.05, 3.63) is 33.8 Å². The molecule has 18 heavy (non-hydrogen) atoms. The molecule has 1 N–H and O–H groups in total. The van der Waals surface area contributed by atoms with Gasteiger partial charge in [0.2, 0.25) is 0 Å². The minimum atomic E-state index is 0.144. The van der Waals surface area contributed by atoms with E-state index in [0.29, 0.717) is 10.9 Å². The van der Waals surface area contributed by atoms with Crippen LogP contribution in [0, 0.1) is 5.92 Å². The highest BCUT2D eigenvalue weighted by Gasteiger charge is 2.23. The Balaban J connectivity index is 2.88. The molecule has 0 heterocycles. The van der Waals surface area contributed by atoms with Gasteiger partial charge in [0.1, 0.15) is 0 Å². The first-order valence-electron chi connectivity index (χ1n) is 6.13. The summed E-state index contributed by atoms with van der Waals surface area (Å²) in [7, 11) is 3.69. The van der Waals surface area contributed by atoms with Crippen molar-refractivity contribution in [3.63, 3.8) is 0 Å². The van der Waals surface area contributed by atoms with E-state index in [9.17, 15) is 0 Å². The van der Waals surface area contributed by atoms with Crippen LogP contribution in [0.15, 0.2) is 18.2 Å². The van der Waals surface area contributed by atoms with E-state index in [1.165, 1.54) is 0 Å². The van der Waals surface area contributed by atoms with Gasteiger partial charge in [0.25, 0.3) is 0 Å². The number of methoxy groups -OCH3 is 1. The lowest BCUT2D eigenvalue weighted by atomic mass is 9.94. The first-order valence-corrected chi connectivity index (χ1v) is 6.89. The number of benzene rings is 1. The molecule has 4 heteroatoms. The topological polar surface area (TPSA) is 21.3 Å². The van der Waals surface area contributed by atoms with Gasteiger partial charge in [-0.15, -0.1) is 0 Å². The molecule has 0 radical (unpaired) electrons. The van der Waals surface area contributed by atoms with Crippen molar-refractivity contribution in [1.82, 2.24) is 5.32 Å². The van der Waals surface area contributed by atoms with Gasteiger partial charge in [-0.2, -0.15) is 0 Å². The van der Waals surface area contributed by atoms with Crippen molar-refractivity contribution in [2.75, 3.05) is 14.2 Å². The molecule has 0 amide bonds. The number of halogens is 2. The van der Waals surface area contributed by atoms with E-state index in [-0.39, 0.29) is 12.1 Å². The molecular formula is C14H21Cl2NO. The van der Waals surface area contributed by atoms with Crippen LogP contribution in [0.3, 0.4) is 0 Å². The molecule has 1 aromatic rings. The summed E-state index contributed by atoms with van der Waals surface area (Å²) in [6, 6.07) is 5.77. The Hall–Kier alpha value is -0.280. The normalized spacial score (nSPS) is 14.8. The van der Waals surface area contributed by atoms with E-state index in [1.54, 1.807) is 13.2 Å². The van der Waals surface area contributed by atoms with E-state index in [4.69, 9.17) is 27.9 Å². The minimum absolute atomic E-state index is 0.144. The van der Waals surface area contributed by atoms with Gasteiger partial charge in [0.05, 0.1) is 6.10 Å². The van der Waals surface area contributed by atoms with Crippen LogP contribution in [0.1, 0.15) is 19.4 Å². The summed E-state index contributed by atoms with van der Waals surface area (Å²) in [6.45, 7) is 4.30. The van der Waals surface area contributed by atoms with Crippen LogP contribution in [0.4, 0.5) is 0 Å². The van der Waals surface area contributed by atoms with Crippen LogP contribution in [-0.2, 0) is 11.2 Å². The maximum absolute atomic E-state index is 6.20. The minimum Gasteiger partial charge on any atom is -0.380 e. The van der Waals surface area contributed by atoms with Crippen molar-refractivity contribution >= 4 is 23.2 Å². The highest BCUT2D eigenvalue weighted by Crippen LogP contribution is 2.24. The van der Waals surface area contributed by atoms with Gasteiger partial charge in [0.15, 0.2) is 0 Å². The molecule has 2 atom stereocenters. The average molecular weight is 290 g/mol. The van der Waals surface area contributed by atoms with E-state index in [1.807, 2.05) is 19.2 Å². The van der Waals surface area contributed by atoms with Gasteiger partial charge >= 0.3 is 0 Å². The molecule has 0 spiro atoms. The predicted octanol–water partition coefficient (Wildman–Crippen LogP) is 3.79. The largest absolute Gasteiger partial charge is 0.380 e. The fourth-order valence-corrected chi connectivity index (χ4v) is 2.61. The Bertz CT molecular complexity index is 382. The van der Waals surface area contributed by atoms with Crippen LogP contribution >= 0.6 is 23.2 Å². The van der Waals surface area contributed by atoms with Gasteiger partial charge in [-0.05, 0) is 43.1 Å². The molecule has 102 valence electrons. The maximum atomic E-state index is 6.20. The van der Waals surface area contributed by atoms with E-state index >= 15 is 0 Å². The Morgan fingerprint density at radius 2 is 1.94 bits per heavy atom. The molecule has 2 unspecified atom stereocenters.